The van der Waals surface area contributed by atoms with Crippen LogP contribution < -0.4 is 4.72 Å². The van der Waals surface area contributed by atoms with Gasteiger partial charge in [0.15, 0.2) is 0 Å². The van der Waals surface area contributed by atoms with Gasteiger partial charge in [0.05, 0.1) is 12.2 Å². The Bertz CT molecular complexity index is 406. The number of nitrogens with zero attached hydrogens (tertiary/aromatic N) is 1. The fourth-order valence-corrected chi connectivity index (χ4v) is 1.59. The standard InChI is InChI=1S/C8H11ClN2O2S/c1-7-3-2-4-10-8(7)5-11-14(12,13)6-9/h2-4,11H,5-6H2,1H3. The molecule has 0 radical (unpaired) electrons. The van der Waals surface area contributed by atoms with Crippen LogP contribution in [0.1, 0.15) is 11.3 Å². The van der Waals surface area contributed by atoms with E-state index in [4.69, 9.17) is 11.6 Å². The van der Waals surface area contributed by atoms with Gasteiger partial charge in [-0.1, -0.05) is 6.07 Å². The van der Waals surface area contributed by atoms with Gasteiger partial charge in [-0.25, -0.2) is 13.1 Å². The minimum Gasteiger partial charge on any atom is -0.260 e. The van der Waals surface area contributed by atoms with E-state index in [1.54, 1.807) is 12.3 Å². The Morgan fingerprint density at radius 3 is 2.86 bits per heavy atom. The van der Waals surface area contributed by atoms with Gasteiger partial charge in [-0.2, -0.15) is 0 Å². The fraction of sp³-hybridized carbons (Fsp3) is 0.375. The number of hydrogen-bond donors (Lipinski definition) is 1. The van der Waals surface area contributed by atoms with Crippen molar-refractivity contribution in [1.29, 1.82) is 0 Å². The second kappa shape index (κ2) is 4.72. The largest absolute Gasteiger partial charge is 0.260 e. The third-order valence-electron chi connectivity index (χ3n) is 1.72. The molecule has 14 heavy (non-hydrogen) atoms. The van der Waals surface area contributed by atoms with E-state index in [0.717, 1.165) is 5.56 Å². The topological polar surface area (TPSA) is 59.1 Å². The van der Waals surface area contributed by atoms with Crippen LogP contribution in [-0.2, 0) is 16.6 Å². The summed E-state index contributed by atoms with van der Waals surface area (Å²) < 4.78 is 24.4. The van der Waals surface area contributed by atoms with E-state index in [-0.39, 0.29) is 6.54 Å². The lowest BCUT2D eigenvalue weighted by Crippen LogP contribution is -2.24. The SMILES string of the molecule is Cc1cccnc1CNS(=O)(=O)CCl. The molecular formula is C8H11ClN2O2S. The molecule has 78 valence electrons. The molecule has 0 amide bonds. The van der Waals surface area contributed by atoms with Gasteiger partial charge in [-0.05, 0) is 18.6 Å². The summed E-state index contributed by atoms with van der Waals surface area (Å²) in [5, 5.41) is -0.432. The van der Waals surface area contributed by atoms with Crippen LogP contribution in [0, 0.1) is 6.92 Å². The van der Waals surface area contributed by atoms with Crippen LogP contribution in [0.5, 0.6) is 0 Å². The number of rotatable bonds is 4. The van der Waals surface area contributed by atoms with Crippen LogP contribution in [0.3, 0.4) is 0 Å². The zero-order chi connectivity index (χ0) is 10.6. The van der Waals surface area contributed by atoms with E-state index in [9.17, 15) is 8.42 Å². The van der Waals surface area contributed by atoms with Crippen LogP contribution in [0.4, 0.5) is 0 Å². The molecule has 1 aromatic heterocycles. The van der Waals surface area contributed by atoms with Crippen molar-refractivity contribution in [2.24, 2.45) is 0 Å². The Labute approximate surface area is 88.4 Å². The summed E-state index contributed by atoms with van der Waals surface area (Å²) in [6.07, 6.45) is 1.62. The molecule has 0 saturated heterocycles. The molecule has 0 spiro atoms. The molecule has 0 aromatic carbocycles. The first-order valence-corrected chi connectivity index (χ1v) is 6.17. The van der Waals surface area contributed by atoms with Crippen molar-refractivity contribution >= 4 is 21.6 Å². The van der Waals surface area contributed by atoms with Crippen molar-refractivity contribution in [3.8, 4) is 0 Å². The van der Waals surface area contributed by atoms with Crippen LogP contribution in [-0.4, -0.2) is 18.6 Å². The van der Waals surface area contributed by atoms with E-state index in [0.29, 0.717) is 5.69 Å². The van der Waals surface area contributed by atoms with Crippen molar-refractivity contribution in [3.05, 3.63) is 29.6 Å². The number of sulfonamides is 1. The van der Waals surface area contributed by atoms with Gasteiger partial charge >= 0.3 is 0 Å². The summed E-state index contributed by atoms with van der Waals surface area (Å²) in [7, 11) is -3.36. The van der Waals surface area contributed by atoms with Crippen LogP contribution in [0.2, 0.25) is 0 Å². The molecular weight excluding hydrogens is 224 g/mol. The lowest BCUT2D eigenvalue weighted by atomic mass is 10.2. The minimum atomic E-state index is -3.36. The van der Waals surface area contributed by atoms with Gasteiger partial charge < -0.3 is 0 Å². The van der Waals surface area contributed by atoms with E-state index in [1.807, 2.05) is 13.0 Å². The third kappa shape index (κ3) is 3.25. The van der Waals surface area contributed by atoms with Crippen molar-refractivity contribution in [2.45, 2.75) is 13.5 Å². The molecule has 0 aliphatic heterocycles. The summed E-state index contributed by atoms with van der Waals surface area (Å²) in [6, 6.07) is 3.67. The van der Waals surface area contributed by atoms with Crippen molar-refractivity contribution in [1.82, 2.24) is 9.71 Å². The van der Waals surface area contributed by atoms with Gasteiger partial charge in [0, 0.05) is 6.20 Å². The molecule has 1 N–H and O–H groups in total. The molecule has 0 bridgehead atoms. The molecule has 0 unspecified atom stereocenters. The third-order valence-corrected chi connectivity index (χ3v) is 3.45. The van der Waals surface area contributed by atoms with Gasteiger partial charge in [-0.3, -0.25) is 4.98 Å². The molecule has 1 rings (SSSR count). The Morgan fingerprint density at radius 1 is 1.57 bits per heavy atom. The minimum absolute atomic E-state index is 0.182. The lowest BCUT2D eigenvalue weighted by Gasteiger charge is -2.05. The first-order valence-electron chi connectivity index (χ1n) is 3.99. The van der Waals surface area contributed by atoms with Crippen LogP contribution in [0.25, 0.3) is 0 Å². The first kappa shape index (κ1) is 11.4. The highest BCUT2D eigenvalue weighted by molar-refractivity contribution is 7.90. The zero-order valence-electron chi connectivity index (χ0n) is 7.70. The van der Waals surface area contributed by atoms with Crippen LogP contribution >= 0.6 is 11.6 Å². The molecule has 0 aliphatic carbocycles. The number of nitrogens with one attached hydrogen (secondary N) is 1. The maximum atomic E-state index is 11.0. The highest BCUT2D eigenvalue weighted by Crippen LogP contribution is 2.03. The molecule has 1 aromatic rings. The molecule has 0 atom stereocenters. The Morgan fingerprint density at radius 2 is 2.29 bits per heavy atom. The zero-order valence-corrected chi connectivity index (χ0v) is 9.27. The first-order chi connectivity index (χ1) is 6.55. The number of alkyl halides is 1. The predicted molar refractivity (Wildman–Crippen MR) is 55.5 cm³/mol. The molecule has 1 heterocycles. The van der Waals surface area contributed by atoms with Crippen molar-refractivity contribution < 1.29 is 8.42 Å². The number of halogens is 1. The fourth-order valence-electron chi connectivity index (χ4n) is 0.920. The molecule has 6 heteroatoms. The Kier molecular flexibility index (Phi) is 3.86. The highest BCUT2D eigenvalue weighted by Gasteiger charge is 2.08. The summed E-state index contributed by atoms with van der Waals surface area (Å²) in [6.45, 7) is 2.05. The average Bonchev–Trinajstić information content (AvgIpc) is 2.17. The molecule has 0 fully saturated rings. The lowest BCUT2D eigenvalue weighted by molar-refractivity contribution is 0.585. The van der Waals surface area contributed by atoms with E-state index < -0.39 is 15.2 Å². The van der Waals surface area contributed by atoms with Gasteiger partial charge in [-0.15, -0.1) is 11.6 Å². The van der Waals surface area contributed by atoms with Gasteiger partial charge in [0.2, 0.25) is 10.0 Å². The number of hydrogen-bond acceptors (Lipinski definition) is 3. The van der Waals surface area contributed by atoms with Gasteiger partial charge in [0.1, 0.15) is 5.21 Å². The second-order valence-corrected chi connectivity index (χ2v) is 5.20. The average molecular weight is 235 g/mol. The van der Waals surface area contributed by atoms with E-state index in [2.05, 4.69) is 9.71 Å². The quantitative estimate of drug-likeness (QED) is 0.791. The maximum Gasteiger partial charge on any atom is 0.226 e. The molecule has 4 nitrogen and oxygen atoms in total. The van der Waals surface area contributed by atoms with Gasteiger partial charge in [0.25, 0.3) is 0 Å². The van der Waals surface area contributed by atoms with E-state index >= 15 is 0 Å². The summed E-state index contributed by atoms with van der Waals surface area (Å²) in [5.41, 5.74) is 1.66. The maximum absolute atomic E-state index is 11.0. The normalized spacial score (nSPS) is 11.6. The second-order valence-electron chi connectivity index (χ2n) is 2.81. The monoisotopic (exact) mass is 234 g/mol. The molecule has 0 saturated carbocycles. The highest BCUT2D eigenvalue weighted by atomic mass is 35.5. The summed E-state index contributed by atoms with van der Waals surface area (Å²) in [4.78, 5) is 4.05. The summed E-state index contributed by atoms with van der Waals surface area (Å²) in [5.74, 6) is 0. The summed E-state index contributed by atoms with van der Waals surface area (Å²) >= 11 is 5.23. The molecule has 0 aliphatic rings. The number of aromatic nitrogens is 1. The van der Waals surface area contributed by atoms with Crippen molar-refractivity contribution in [2.75, 3.05) is 5.21 Å². The number of aryl methyl sites for hydroxylation is 1. The predicted octanol–water partition coefficient (Wildman–Crippen LogP) is 1.01. The Balaban J connectivity index is 2.68. The Hall–Kier alpha value is -0.650. The van der Waals surface area contributed by atoms with E-state index in [1.165, 1.54) is 0 Å². The smallest absolute Gasteiger partial charge is 0.226 e. The number of pyridine rings is 1. The van der Waals surface area contributed by atoms with Crippen LogP contribution in [0.15, 0.2) is 18.3 Å². The van der Waals surface area contributed by atoms with Crippen molar-refractivity contribution in [3.63, 3.8) is 0 Å².